The highest BCUT2D eigenvalue weighted by Gasteiger charge is 2.37. The van der Waals surface area contributed by atoms with E-state index in [0.29, 0.717) is 6.61 Å². The zero-order chi connectivity index (χ0) is 14.3. The van der Waals surface area contributed by atoms with E-state index in [1.54, 1.807) is 14.2 Å². The van der Waals surface area contributed by atoms with Gasteiger partial charge in [-0.25, -0.2) is 0 Å². The van der Waals surface area contributed by atoms with Gasteiger partial charge in [0.15, 0.2) is 0 Å². The summed E-state index contributed by atoms with van der Waals surface area (Å²) in [6.07, 6.45) is 1.88. The quantitative estimate of drug-likeness (QED) is 0.680. The summed E-state index contributed by atoms with van der Waals surface area (Å²) in [4.78, 5) is 0. The van der Waals surface area contributed by atoms with E-state index < -0.39 is 8.80 Å². The molecule has 1 aromatic rings. The predicted molar refractivity (Wildman–Crippen MR) is 81.2 cm³/mol. The topological polar surface area (TPSA) is 27.7 Å². The van der Waals surface area contributed by atoms with Crippen molar-refractivity contribution in [3.05, 3.63) is 42.0 Å². The van der Waals surface area contributed by atoms with E-state index in [1.165, 1.54) is 5.56 Å². The standard InChI is InChI=1S/C15H24O3Si/c1-6-14-10-8-9-11-15(14)13(3)12-18-19(7-2,16-4)17-5/h6,8-11,13H,1,7,12H2,2-5H3. The molecule has 1 rings (SSSR count). The van der Waals surface area contributed by atoms with Gasteiger partial charge in [-0.1, -0.05) is 50.8 Å². The van der Waals surface area contributed by atoms with Crippen LogP contribution in [0.25, 0.3) is 6.08 Å². The first-order valence-corrected chi connectivity index (χ1v) is 8.51. The van der Waals surface area contributed by atoms with E-state index in [0.717, 1.165) is 11.6 Å². The minimum Gasteiger partial charge on any atom is -0.377 e. The third-order valence-electron chi connectivity index (χ3n) is 3.36. The summed E-state index contributed by atoms with van der Waals surface area (Å²) < 4.78 is 16.9. The zero-order valence-corrected chi connectivity index (χ0v) is 13.3. The molecule has 0 N–H and O–H groups in total. The summed E-state index contributed by atoms with van der Waals surface area (Å²) >= 11 is 0. The molecule has 0 spiro atoms. The minimum absolute atomic E-state index is 0.276. The lowest BCUT2D eigenvalue weighted by Crippen LogP contribution is -2.43. The smallest absolute Gasteiger partial charge is 0.377 e. The molecule has 106 valence electrons. The van der Waals surface area contributed by atoms with Crippen molar-refractivity contribution in [1.82, 2.24) is 0 Å². The summed E-state index contributed by atoms with van der Waals surface area (Å²) in [7, 11) is 0.842. The first-order chi connectivity index (χ1) is 9.12. The van der Waals surface area contributed by atoms with Crippen LogP contribution in [0.1, 0.15) is 30.9 Å². The van der Waals surface area contributed by atoms with Gasteiger partial charge in [0.2, 0.25) is 0 Å². The third-order valence-corrected chi connectivity index (χ3v) is 6.07. The van der Waals surface area contributed by atoms with Gasteiger partial charge < -0.3 is 13.3 Å². The molecule has 1 unspecified atom stereocenters. The lowest BCUT2D eigenvalue weighted by Gasteiger charge is -2.27. The first-order valence-electron chi connectivity index (χ1n) is 6.58. The van der Waals surface area contributed by atoms with Gasteiger partial charge in [0.1, 0.15) is 0 Å². The van der Waals surface area contributed by atoms with Crippen LogP contribution in [0.4, 0.5) is 0 Å². The highest BCUT2D eigenvalue weighted by atomic mass is 28.4. The molecule has 0 aliphatic carbocycles. The second-order valence-electron chi connectivity index (χ2n) is 4.49. The lowest BCUT2D eigenvalue weighted by molar-refractivity contribution is 0.0946. The average molecular weight is 280 g/mol. The normalized spacial score (nSPS) is 13.3. The van der Waals surface area contributed by atoms with Crippen LogP contribution in [0, 0.1) is 0 Å². The molecule has 0 bridgehead atoms. The maximum atomic E-state index is 5.95. The van der Waals surface area contributed by atoms with Gasteiger partial charge in [-0.3, -0.25) is 0 Å². The molecule has 1 aromatic carbocycles. The Balaban J connectivity index is 2.74. The molecule has 1 atom stereocenters. The summed E-state index contributed by atoms with van der Waals surface area (Å²) in [6, 6.07) is 9.01. The summed E-state index contributed by atoms with van der Waals surface area (Å²) in [5.74, 6) is 0.276. The van der Waals surface area contributed by atoms with Crippen LogP contribution in [0.3, 0.4) is 0 Å². The SMILES string of the molecule is C=Cc1ccccc1C(C)CO[Si](CC)(OC)OC. The summed E-state index contributed by atoms with van der Waals surface area (Å²) in [5, 5.41) is 0. The predicted octanol–water partition coefficient (Wildman–Crippen LogP) is 3.70. The Morgan fingerprint density at radius 3 is 2.42 bits per heavy atom. The fraction of sp³-hybridized carbons (Fsp3) is 0.467. The van der Waals surface area contributed by atoms with E-state index >= 15 is 0 Å². The fourth-order valence-corrected chi connectivity index (χ4v) is 3.77. The van der Waals surface area contributed by atoms with Gasteiger partial charge in [-0.15, -0.1) is 0 Å². The van der Waals surface area contributed by atoms with Crippen molar-refractivity contribution in [2.75, 3.05) is 20.8 Å². The van der Waals surface area contributed by atoms with Crippen LogP contribution >= 0.6 is 0 Å². The van der Waals surface area contributed by atoms with Crippen molar-refractivity contribution in [1.29, 1.82) is 0 Å². The Bertz CT molecular complexity index is 394. The van der Waals surface area contributed by atoms with Crippen LogP contribution < -0.4 is 0 Å². The highest BCUT2D eigenvalue weighted by molar-refractivity contribution is 6.60. The second-order valence-corrected chi connectivity index (χ2v) is 7.67. The van der Waals surface area contributed by atoms with Crippen LogP contribution in [0.15, 0.2) is 30.8 Å². The minimum atomic E-state index is -2.47. The first kappa shape index (κ1) is 16.1. The van der Waals surface area contributed by atoms with E-state index in [4.69, 9.17) is 13.3 Å². The van der Waals surface area contributed by atoms with Gasteiger partial charge in [-0.05, 0) is 11.1 Å². The Morgan fingerprint density at radius 1 is 1.26 bits per heavy atom. The number of hydrogen-bond donors (Lipinski definition) is 0. The molecular formula is C15H24O3Si. The van der Waals surface area contributed by atoms with Crippen LogP contribution in [-0.4, -0.2) is 29.6 Å². The van der Waals surface area contributed by atoms with Gasteiger partial charge in [-0.2, -0.15) is 0 Å². The van der Waals surface area contributed by atoms with Crippen molar-refractivity contribution < 1.29 is 13.3 Å². The van der Waals surface area contributed by atoms with Crippen molar-refractivity contribution in [2.45, 2.75) is 25.8 Å². The molecule has 0 saturated heterocycles. The molecular weight excluding hydrogens is 256 g/mol. The van der Waals surface area contributed by atoms with Crippen LogP contribution in [0.5, 0.6) is 0 Å². The molecule has 0 amide bonds. The summed E-state index contributed by atoms with van der Waals surface area (Å²) in [6.45, 7) is 8.61. The monoisotopic (exact) mass is 280 g/mol. The fourth-order valence-electron chi connectivity index (χ4n) is 2.08. The van der Waals surface area contributed by atoms with E-state index in [-0.39, 0.29) is 5.92 Å². The van der Waals surface area contributed by atoms with Gasteiger partial charge in [0.25, 0.3) is 0 Å². The van der Waals surface area contributed by atoms with Gasteiger partial charge in [0, 0.05) is 32.8 Å². The number of benzene rings is 1. The Hall–Kier alpha value is -0.943. The maximum Gasteiger partial charge on any atom is 0.500 e. The Morgan fingerprint density at radius 2 is 1.89 bits per heavy atom. The third kappa shape index (κ3) is 4.01. The van der Waals surface area contributed by atoms with Crippen molar-refractivity contribution >= 4 is 14.9 Å². The van der Waals surface area contributed by atoms with Crippen LogP contribution in [-0.2, 0) is 13.3 Å². The average Bonchev–Trinajstić information content (AvgIpc) is 2.49. The zero-order valence-electron chi connectivity index (χ0n) is 12.3. The highest BCUT2D eigenvalue weighted by Crippen LogP contribution is 2.23. The van der Waals surface area contributed by atoms with Crippen molar-refractivity contribution in [2.24, 2.45) is 0 Å². The Labute approximate surface area is 117 Å². The largest absolute Gasteiger partial charge is 0.500 e. The molecule has 19 heavy (non-hydrogen) atoms. The number of hydrogen-bond acceptors (Lipinski definition) is 3. The molecule has 0 radical (unpaired) electrons. The Kier molecular flexibility index (Phi) is 6.44. The van der Waals surface area contributed by atoms with Crippen molar-refractivity contribution in [3.63, 3.8) is 0 Å². The second kappa shape index (κ2) is 7.60. The lowest BCUT2D eigenvalue weighted by atomic mass is 9.96. The van der Waals surface area contributed by atoms with Gasteiger partial charge in [0.05, 0.1) is 0 Å². The number of rotatable bonds is 8. The van der Waals surface area contributed by atoms with Gasteiger partial charge >= 0.3 is 8.80 Å². The van der Waals surface area contributed by atoms with Crippen LogP contribution in [0.2, 0.25) is 6.04 Å². The molecule has 0 aliphatic heterocycles. The molecule has 0 heterocycles. The maximum absolute atomic E-state index is 5.95. The molecule has 4 heteroatoms. The molecule has 0 fully saturated rings. The summed E-state index contributed by atoms with van der Waals surface area (Å²) in [5.41, 5.74) is 2.39. The molecule has 0 saturated carbocycles. The van der Waals surface area contributed by atoms with E-state index in [9.17, 15) is 0 Å². The molecule has 3 nitrogen and oxygen atoms in total. The van der Waals surface area contributed by atoms with E-state index in [1.807, 2.05) is 25.1 Å². The van der Waals surface area contributed by atoms with E-state index in [2.05, 4.69) is 25.6 Å². The molecule has 0 aromatic heterocycles. The molecule has 0 aliphatic rings. The van der Waals surface area contributed by atoms with Crippen molar-refractivity contribution in [3.8, 4) is 0 Å².